The zero-order valence-electron chi connectivity index (χ0n) is 21.2. The van der Waals surface area contributed by atoms with Gasteiger partial charge in [-0.1, -0.05) is 20.3 Å². The van der Waals surface area contributed by atoms with Crippen LogP contribution in [0.5, 0.6) is 0 Å². The van der Waals surface area contributed by atoms with Crippen molar-refractivity contribution in [3.8, 4) is 0 Å². The molecule has 2 aromatic heterocycles. The largest absolute Gasteiger partial charge is 0.378 e. The number of carbonyl (C=O) groups is 1. The van der Waals surface area contributed by atoms with Crippen LogP contribution in [0.3, 0.4) is 0 Å². The van der Waals surface area contributed by atoms with Crippen molar-refractivity contribution in [1.82, 2.24) is 24.0 Å². The Labute approximate surface area is 205 Å². The fourth-order valence-corrected chi connectivity index (χ4v) is 4.94. The third kappa shape index (κ3) is 5.04. The Morgan fingerprint density at radius 3 is 2.71 bits per heavy atom. The zero-order chi connectivity index (χ0) is 25.1. The molecule has 1 aliphatic heterocycles. The van der Waals surface area contributed by atoms with E-state index in [-0.39, 0.29) is 5.91 Å². The van der Waals surface area contributed by atoms with Crippen molar-refractivity contribution in [2.24, 2.45) is 5.92 Å². The van der Waals surface area contributed by atoms with E-state index in [0.29, 0.717) is 48.1 Å². The van der Waals surface area contributed by atoms with Crippen molar-refractivity contribution in [2.75, 3.05) is 18.4 Å². The van der Waals surface area contributed by atoms with Crippen LogP contribution < -0.4 is 16.6 Å². The van der Waals surface area contributed by atoms with E-state index in [0.717, 1.165) is 43.6 Å². The predicted molar refractivity (Wildman–Crippen MR) is 138 cm³/mol. The molecule has 0 radical (unpaired) electrons. The molecular weight excluding hydrogens is 444 g/mol. The van der Waals surface area contributed by atoms with Crippen LogP contribution >= 0.6 is 0 Å². The first kappa shape index (κ1) is 24.8. The lowest BCUT2D eigenvalue weighted by atomic mass is 9.99. The first-order valence-corrected chi connectivity index (χ1v) is 12.7. The lowest BCUT2D eigenvalue weighted by Crippen LogP contribution is -2.39. The van der Waals surface area contributed by atoms with Crippen molar-refractivity contribution < 1.29 is 4.79 Å². The predicted octanol–water partition coefficient (Wildman–Crippen LogP) is 3.50. The Morgan fingerprint density at radius 1 is 1.23 bits per heavy atom. The van der Waals surface area contributed by atoms with Gasteiger partial charge in [0.2, 0.25) is 0 Å². The van der Waals surface area contributed by atoms with E-state index < -0.39 is 11.2 Å². The molecule has 188 valence electrons. The second-order valence-electron chi connectivity index (χ2n) is 9.59. The number of anilines is 1. The van der Waals surface area contributed by atoms with Gasteiger partial charge >= 0.3 is 5.69 Å². The Balaban J connectivity index is 1.57. The highest BCUT2D eigenvalue weighted by Gasteiger charge is 2.22. The van der Waals surface area contributed by atoms with E-state index in [1.165, 1.54) is 6.42 Å². The monoisotopic (exact) mass is 480 g/mol. The van der Waals surface area contributed by atoms with Gasteiger partial charge in [-0.25, -0.2) is 9.78 Å². The smallest absolute Gasteiger partial charge is 0.330 e. The highest BCUT2D eigenvalue weighted by Crippen LogP contribution is 2.22. The molecule has 1 aromatic carbocycles. The van der Waals surface area contributed by atoms with E-state index in [4.69, 9.17) is 4.98 Å². The van der Waals surface area contributed by atoms with Crippen LogP contribution in [0.15, 0.2) is 27.8 Å². The second-order valence-corrected chi connectivity index (χ2v) is 9.59. The number of fused-ring (bicyclic) bond motifs is 1. The number of aromatic nitrogens is 4. The lowest BCUT2D eigenvalue weighted by molar-refractivity contribution is 0.0683. The molecule has 1 aliphatic rings. The number of aryl methyl sites for hydroxylation is 3. The summed E-state index contributed by atoms with van der Waals surface area (Å²) in [6, 6.07) is 5.73. The number of aromatic amines is 1. The van der Waals surface area contributed by atoms with Gasteiger partial charge < -0.3 is 14.8 Å². The van der Waals surface area contributed by atoms with Gasteiger partial charge in [0.15, 0.2) is 11.2 Å². The van der Waals surface area contributed by atoms with Crippen molar-refractivity contribution >= 4 is 22.8 Å². The van der Waals surface area contributed by atoms with Crippen molar-refractivity contribution in [2.45, 2.75) is 73.0 Å². The van der Waals surface area contributed by atoms with Crippen molar-refractivity contribution in [1.29, 1.82) is 0 Å². The molecule has 0 saturated carbocycles. The summed E-state index contributed by atoms with van der Waals surface area (Å²) in [5.74, 6) is 1.31. The number of hydrogen-bond acceptors (Lipinski definition) is 5. The summed E-state index contributed by atoms with van der Waals surface area (Å²) >= 11 is 0. The summed E-state index contributed by atoms with van der Waals surface area (Å²) in [5.41, 5.74) is 2.60. The fraction of sp³-hybridized carbons (Fsp3) is 0.538. The van der Waals surface area contributed by atoms with Gasteiger partial charge in [0, 0.05) is 37.4 Å². The topological polar surface area (TPSA) is 105 Å². The van der Waals surface area contributed by atoms with Crippen molar-refractivity contribution in [3.05, 3.63) is 56.0 Å². The minimum Gasteiger partial charge on any atom is -0.378 e. The molecule has 9 nitrogen and oxygen atoms in total. The number of nitrogens with one attached hydrogen (secondary N) is 2. The molecule has 35 heavy (non-hydrogen) atoms. The maximum atomic E-state index is 13.0. The van der Waals surface area contributed by atoms with Gasteiger partial charge in [-0.3, -0.25) is 19.1 Å². The molecule has 2 N–H and O–H groups in total. The van der Waals surface area contributed by atoms with Gasteiger partial charge in [0.05, 0.1) is 6.54 Å². The maximum Gasteiger partial charge on any atom is 0.330 e. The molecule has 4 rings (SSSR count). The molecular formula is C26H36N6O3. The van der Waals surface area contributed by atoms with Crippen LogP contribution in [0.25, 0.3) is 11.2 Å². The molecule has 3 heterocycles. The summed E-state index contributed by atoms with van der Waals surface area (Å²) in [6.45, 7) is 11.3. The first-order chi connectivity index (χ1) is 16.8. The average molecular weight is 481 g/mol. The average Bonchev–Trinajstić information content (AvgIpc) is 3.21. The van der Waals surface area contributed by atoms with Crippen LogP contribution in [0.2, 0.25) is 0 Å². The Hall–Kier alpha value is -3.36. The SMILES string of the molecule is CCCCn1c(=O)[nH]c(=O)c2c1nc(CNc1ccc(C(=O)N3CCCC(C)C3)cc1C)n2CC. The van der Waals surface area contributed by atoms with Gasteiger partial charge in [0.1, 0.15) is 5.82 Å². The molecule has 0 spiro atoms. The van der Waals surface area contributed by atoms with Crippen LogP contribution in [-0.4, -0.2) is 43.0 Å². The maximum absolute atomic E-state index is 13.0. The normalized spacial score (nSPS) is 16.1. The molecule has 9 heteroatoms. The zero-order valence-corrected chi connectivity index (χ0v) is 21.2. The van der Waals surface area contributed by atoms with E-state index in [1.54, 1.807) is 4.57 Å². The quantitative estimate of drug-likeness (QED) is 0.513. The molecule has 3 aromatic rings. The Morgan fingerprint density at radius 2 is 2.03 bits per heavy atom. The van der Waals surface area contributed by atoms with E-state index >= 15 is 0 Å². The van der Waals surface area contributed by atoms with Crippen LogP contribution in [-0.2, 0) is 19.6 Å². The highest BCUT2D eigenvalue weighted by atomic mass is 16.2. The molecule has 1 unspecified atom stereocenters. The summed E-state index contributed by atoms with van der Waals surface area (Å²) < 4.78 is 3.41. The third-order valence-corrected chi connectivity index (χ3v) is 6.87. The third-order valence-electron chi connectivity index (χ3n) is 6.87. The van der Waals surface area contributed by atoms with Gasteiger partial charge in [0.25, 0.3) is 11.5 Å². The first-order valence-electron chi connectivity index (χ1n) is 12.7. The molecule has 0 bridgehead atoms. The standard InChI is InChI=1S/C26H36N6O3/c1-5-7-13-32-23-22(24(33)29-26(32)35)31(6-2)21(28-23)15-27-20-11-10-19(14-18(20)4)25(34)30-12-8-9-17(3)16-30/h10-11,14,17,27H,5-9,12-13,15-16H2,1-4H3,(H,29,33,35). The molecule has 1 atom stereocenters. The number of H-pyrrole nitrogens is 1. The Bertz CT molecular complexity index is 1340. The molecule has 1 saturated heterocycles. The number of piperidine rings is 1. The summed E-state index contributed by atoms with van der Waals surface area (Å²) in [4.78, 5) is 47.1. The van der Waals surface area contributed by atoms with Crippen LogP contribution in [0.1, 0.15) is 68.2 Å². The number of unbranched alkanes of at least 4 members (excludes halogenated alkanes) is 1. The minimum atomic E-state index is -0.421. The number of likely N-dealkylation sites (tertiary alicyclic amines) is 1. The van der Waals surface area contributed by atoms with Crippen molar-refractivity contribution in [3.63, 3.8) is 0 Å². The minimum absolute atomic E-state index is 0.0863. The fourth-order valence-electron chi connectivity index (χ4n) is 4.94. The Kier molecular flexibility index (Phi) is 7.42. The van der Waals surface area contributed by atoms with E-state index in [9.17, 15) is 14.4 Å². The van der Waals surface area contributed by atoms with E-state index in [2.05, 4.69) is 24.1 Å². The number of nitrogens with zero attached hydrogens (tertiary/aromatic N) is 4. The van der Waals surface area contributed by atoms with Gasteiger partial charge in [-0.2, -0.15) is 0 Å². The number of imidazole rings is 1. The van der Waals surface area contributed by atoms with Crippen LogP contribution in [0.4, 0.5) is 5.69 Å². The summed E-state index contributed by atoms with van der Waals surface area (Å²) in [7, 11) is 0. The number of carbonyl (C=O) groups excluding carboxylic acids is 1. The summed E-state index contributed by atoms with van der Waals surface area (Å²) in [5, 5.41) is 3.41. The van der Waals surface area contributed by atoms with Gasteiger partial charge in [-0.15, -0.1) is 0 Å². The van der Waals surface area contributed by atoms with Crippen LogP contribution in [0, 0.1) is 12.8 Å². The number of rotatable bonds is 8. The molecule has 1 amide bonds. The summed E-state index contributed by atoms with van der Waals surface area (Å²) in [6.07, 6.45) is 3.99. The lowest BCUT2D eigenvalue weighted by Gasteiger charge is -2.31. The molecule has 1 fully saturated rings. The number of amides is 1. The van der Waals surface area contributed by atoms with E-state index in [1.807, 2.05) is 41.5 Å². The van der Waals surface area contributed by atoms with Gasteiger partial charge in [-0.05, 0) is 62.8 Å². The molecule has 0 aliphatic carbocycles. The number of hydrogen-bond donors (Lipinski definition) is 2. The number of benzene rings is 1. The highest BCUT2D eigenvalue weighted by molar-refractivity contribution is 5.95. The second kappa shape index (κ2) is 10.5.